The van der Waals surface area contributed by atoms with Gasteiger partial charge in [-0.3, -0.25) is 9.59 Å². The maximum absolute atomic E-state index is 13.5. The van der Waals surface area contributed by atoms with E-state index in [9.17, 15) is 9.59 Å². The first kappa shape index (κ1) is 21.7. The molecule has 1 aromatic heterocycles. The molecule has 6 rings (SSSR count). The molecule has 0 radical (unpaired) electrons. The van der Waals surface area contributed by atoms with Gasteiger partial charge in [0.25, 0.3) is 0 Å². The number of likely N-dealkylation sites (tertiary alicyclic amines) is 1. The fraction of sp³-hybridized carbons (Fsp3) is 0.333. The van der Waals surface area contributed by atoms with E-state index in [1.165, 1.54) is 10.9 Å². The van der Waals surface area contributed by atoms with Crippen LogP contribution < -0.4 is 14.8 Å². The van der Waals surface area contributed by atoms with Gasteiger partial charge < -0.3 is 29.4 Å². The number of aromatic amines is 1. The molecule has 2 N–H and O–H groups in total. The quantitative estimate of drug-likeness (QED) is 0.515. The number of carbonyl (C=O) groups is 2. The number of nitrogens with one attached hydrogen (secondary N) is 2. The number of aromatic nitrogens is 1. The van der Waals surface area contributed by atoms with Crippen LogP contribution >= 0.6 is 0 Å². The minimum absolute atomic E-state index is 0.0239. The lowest BCUT2D eigenvalue weighted by Gasteiger charge is -2.23. The summed E-state index contributed by atoms with van der Waals surface area (Å²) in [5.41, 5.74) is 2.10. The molecule has 2 fully saturated rings. The number of methoxy groups -OCH3 is 2. The molecule has 180 valence electrons. The van der Waals surface area contributed by atoms with Crippen LogP contribution in [0, 0.1) is 11.8 Å². The lowest BCUT2D eigenvalue weighted by Crippen LogP contribution is -2.41. The summed E-state index contributed by atoms with van der Waals surface area (Å²) in [6.07, 6.45) is 6.23. The highest BCUT2D eigenvalue weighted by atomic mass is 16.5. The third-order valence-electron chi connectivity index (χ3n) is 7.46. The summed E-state index contributed by atoms with van der Waals surface area (Å²) < 4.78 is 16.9. The zero-order chi connectivity index (χ0) is 24.2. The molecule has 1 spiro atoms. The Bertz CT molecular complexity index is 1350. The summed E-state index contributed by atoms with van der Waals surface area (Å²) >= 11 is 0. The van der Waals surface area contributed by atoms with Gasteiger partial charge in [0.1, 0.15) is 5.60 Å². The Labute approximate surface area is 202 Å². The van der Waals surface area contributed by atoms with E-state index < -0.39 is 23.5 Å². The number of H-pyrrole nitrogens is 1. The zero-order valence-corrected chi connectivity index (χ0v) is 19.6. The first-order valence-electron chi connectivity index (χ1n) is 11.8. The minimum Gasteiger partial charge on any atom is -0.493 e. The number of benzene rings is 2. The highest BCUT2D eigenvalue weighted by Gasteiger charge is 2.66. The van der Waals surface area contributed by atoms with Crippen LogP contribution in [0.1, 0.15) is 5.56 Å². The summed E-state index contributed by atoms with van der Waals surface area (Å²) in [6.45, 7) is 1.04. The number of amides is 2. The normalized spacial score (nSPS) is 26.4. The van der Waals surface area contributed by atoms with Crippen LogP contribution in [-0.2, 0) is 20.7 Å². The SMILES string of the molecule is COc1ccc(NC(=O)C2C3C=CC4(CN(CCc5c[nH]c6ccccc56)C(=O)C24)O3)cc1OC. The van der Waals surface area contributed by atoms with Crippen molar-refractivity contribution in [3.63, 3.8) is 0 Å². The van der Waals surface area contributed by atoms with Crippen molar-refractivity contribution >= 4 is 28.4 Å². The van der Waals surface area contributed by atoms with E-state index in [0.29, 0.717) is 30.3 Å². The smallest absolute Gasteiger partial charge is 0.231 e. The second kappa shape index (κ2) is 8.16. The van der Waals surface area contributed by atoms with Crippen molar-refractivity contribution in [1.82, 2.24) is 9.88 Å². The molecule has 0 aliphatic carbocycles. The predicted octanol–water partition coefficient (Wildman–Crippen LogP) is 3.15. The third kappa shape index (κ3) is 3.39. The second-order valence-electron chi connectivity index (χ2n) is 9.33. The summed E-state index contributed by atoms with van der Waals surface area (Å²) in [5, 5.41) is 4.12. The van der Waals surface area contributed by atoms with Gasteiger partial charge in [-0.25, -0.2) is 0 Å². The molecular formula is C27H27N3O5. The molecule has 2 aromatic carbocycles. The third-order valence-corrected chi connectivity index (χ3v) is 7.46. The van der Waals surface area contributed by atoms with E-state index in [4.69, 9.17) is 14.2 Å². The monoisotopic (exact) mass is 473 g/mol. The average Bonchev–Trinajstić information content (AvgIpc) is 3.62. The number of hydrogen-bond acceptors (Lipinski definition) is 5. The predicted molar refractivity (Wildman–Crippen MR) is 130 cm³/mol. The van der Waals surface area contributed by atoms with Crippen LogP contribution in [0.3, 0.4) is 0 Å². The van der Waals surface area contributed by atoms with Gasteiger partial charge in [0.15, 0.2) is 11.5 Å². The summed E-state index contributed by atoms with van der Waals surface area (Å²) in [7, 11) is 3.11. The van der Waals surface area contributed by atoms with Gasteiger partial charge in [-0.05, 0) is 30.2 Å². The lowest BCUT2D eigenvalue weighted by molar-refractivity contribution is -0.135. The molecule has 4 unspecified atom stereocenters. The van der Waals surface area contributed by atoms with E-state index in [-0.39, 0.29) is 11.8 Å². The number of nitrogens with zero attached hydrogens (tertiary/aromatic N) is 1. The molecular weight excluding hydrogens is 446 g/mol. The Morgan fingerprint density at radius 2 is 2.03 bits per heavy atom. The number of para-hydroxylation sites is 1. The Hall–Kier alpha value is -3.78. The fourth-order valence-electron chi connectivity index (χ4n) is 5.80. The van der Waals surface area contributed by atoms with Crippen LogP contribution in [0.4, 0.5) is 5.69 Å². The molecule has 3 aromatic rings. The highest BCUT2D eigenvalue weighted by molar-refractivity contribution is 5.99. The maximum Gasteiger partial charge on any atom is 0.231 e. The van der Waals surface area contributed by atoms with Gasteiger partial charge in [0, 0.05) is 35.4 Å². The van der Waals surface area contributed by atoms with Gasteiger partial charge in [-0.1, -0.05) is 30.4 Å². The first-order chi connectivity index (χ1) is 17.0. The van der Waals surface area contributed by atoms with Crippen LogP contribution in [0.15, 0.2) is 60.8 Å². The topological polar surface area (TPSA) is 92.9 Å². The number of anilines is 1. The summed E-state index contributed by atoms with van der Waals surface area (Å²) in [4.78, 5) is 32.0. The molecule has 0 saturated carbocycles. The van der Waals surface area contributed by atoms with Gasteiger partial charge in [0.05, 0.1) is 38.7 Å². The average molecular weight is 474 g/mol. The number of ether oxygens (including phenoxy) is 3. The molecule has 2 bridgehead atoms. The number of carbonyl (C=O) groups excluding carboxylic acids is 2. The van der Waals surface area contributed by atoms with Crippen molar-refractivity contribution in [2.24, 2.45) is 11.8 Å². The Kier molecular flexibility index (Phi) is 5.07. The van der Waals surface area contributed by atoms with E-state index in [2.05, 4.69) is 16.4 Å². The minimum atomic E-state index is -0.735. The lowest BCUT2D eigenvalue weighted by atomic mass is 9.77. The van der Waals surface area contributed by atoms with Crippen LogP contribution in [0.25, 0.3) is 10.9 Å². The van der Waals surface area contributed by atoms with E-state index in [0.717, 1.165) is 11.9 Å². The molecule has 4 atom stereocenters. The number of fused-ring (bicyclic) bond motifs is 2. The molecule has 35 heavy (non-hydrogen) atoms. The summed E-state index contributed by atoms with van der Waals surface area (Å²) in [5.74, 6) is -0.271. The Morgan fingerprint density at radius 1 is 1.20 bits per heavy atom. The first-order valence-corrected chi connectivity index (χ1v) is 11.8. The molecule has 2 amide bonds. The van der Waals surface area contributed by atoms with Crippen molar-refractivity contribution in [3.05, 3.63) is 66.4 Å². The van der Waals surface area contributed by atoms with Gasteiger partial charge in [0.2, 0.25) is 11.8 Å². The number of hydrogen-bond donors (Lipinski definition) is 2. The van der Waals surface area contributed by atoms with Crippen molar-refractivity contribution in [1.29, 1.82) is 0 Å². The van der Waals surface area contributed by atoms with Gasteiger partial charge >= 0.3 is 0 Å². The summed E-state index contributed by atoms with van der Waals surface area (Å²) in [6, 6.07) is 13.3. The van der Waals surface area contributed by atoms with Crippen LogP contribution in [-0.4, -0.2) is 60.7 Å². The highest BCUT2D eigenvalue weighted by Crippen LogP contribution is 2.52. The molecule has 2 saturated heterocycles. The fourth-order valence-corrected chi connectivity index (χ4v) is 5.80. The molecule has 3 aliphatic rings. The van der Waals surface area contributed by atoms with E-state index in [1.807, 2.05) is 41.4 Å². The second-order valence-corrected chi connectivity index (χ2v) is 9.33. The van der Waals surface area contributed by atoms with Crippen molar-refractivity contribution in [3.8, 4) is 11.5 Å². The van der Waals surface area contributed by atoms with E-state index in [1.54, 1.807) is 32.4 Å². The van der Waals surface area contributed by atoms with Crippen molar-refractivity contribution in [2.45, 2.75) is 18.1 Å². The molecule has 8 nitrogen and oxygen atoms in total. The Morgan fingerprint density at radius 3 is 2.86 bits per heavy atom. The van der Waals surface area contributed by atoms with Crippen LogP contribution in [0.2, 0.25) is 0 Å². The van der Waals surface area contributed by atoms with Gasteiger partial charge in [-0.2, -0.15) is 0 Å². The molecule has 4 heterocycles. The van der Waals surface area contributed by atoms with Crippen molar-refractivity contribution in [2.75, 3.05) is 32.6 Å². The standard InChI is InChI=1S/C27H27N3O5/c1-33-20-8-7-17(13-22(20)34-2)29-25(31)23-21-9-11-27(35-21)15-30(26(32)24(23)27)12-10-16-14-28-19-6-4-3-5-18(16)19/h3-9,11,13-14,21,23-24,28H,10,12,15H2,1-2H3,(H,29,31). The molecule has 8 heteroatoms. The zero-order valence-electron chi connectivity index (χ0n) is 19.6. The molecule has 3 aliphatic heterocycles. The number of rotatable bonds is 7. The van der Waals surface area contributed by atoms with E-state index >= 15 is 0 Å². The van der Waals surface area contributed by atoms with Crippen molar-refractivity contribution < 1.29 is 23.8 Å². The van der Waals surface area contributed by atoms with Crippen LogP contribution in [0.5, 0.6) is 11.5 Å². The van der Waals surface area contributed by atoms with Gasteiger partial charge in [-0.15, -0.1) is 0 Å². The largest absolute Gasteiger partial charge is 0.493 e. The maximum atomic E-state index is 13.5. The Balaban J connectivity index is 1.19.